The van der Waals surface area contributed by atoms with Gasteiger partial charge < -0.3 is 19.5 Å². The number of fused-ring (bicyclic) bond motifs is 1. The van der Waals surface area contributed by atoms with Crippen LogP contribution in [0.3, 0.4) is 0 Å². The van der Waals surface area contributed by atoms with Crippen LogP contribution in [0.15, 0.2) is 4.79 Å². The van der Waals surface area contributed by atoms with Gasteiger partial charge in [-0.05, 0) is 46.1 Å². The summed E-state index contributed by atoms with van der Waals surface area (Å²) in [5, 5.41) is 0.651. The van der Waals surface area contributed by atoms with Crippen LogP contribution in [0.4, 0.5) is 0 Å². The molecule has 0 aliphatic carbocycles. The smallest absolute Gasteiger partial charge is 0.259 e. The Bertz CT molecular complexity index is 1060. The third-order valence-corrected chi connectivity index (χ3v) is 7.69. The molecular weight excluding hydrogens is 428 g/mol. The first kappa shape index (κ1) is 22.9. The van der Waals surface area contributed by atoms with Crippen LogP contribution < -0.4 is 5.56 Å². The van der Waals surface area contributed by atoms with Gasteiger partial charge in [0.2, 0.25) is 11.8 Å². The number of H-pyrrole nitrogens is 1. The largest absolute Gasteiger partial charge is 0.372 e. The molecule has 8 nitrogen and oxygen atoms in total. The van der Waals surface area contributed by atoms with Crippen LogP contribution in [0.2, 0.25) is 0 Å². The van der Waals surface area contributed by atoms with Gasteiger partial charge in [-0.2, -0.15) is 0 Å². The number of piperidine rings is 1. The molecule has 2 aromatic rings. The number of nitrogens with zero attached hydrogens (tertiary/aromatic N) is 3. The second kappa shape index (κ2) is 9.31. The highest BCUT2D eigenvalue weighted by molar-refractivity contribution is 7.18. The molecular formula is C23H32N4O4S. The predicted octanol–water partition coefficient (Wildman–Crippen LogP) is 2.41. The van der Waals surface area contributed by atoms with Crippen LogP contribution in [-0.4, -0.2) is 70.0 Å². The lowest BCUT2D eigenvalue weighted by atomic mass is 9.94. The average molecular weight is 461 g/mol. The van der Waals surface area contributed by atoms with E-state index in [2.05, 4.69) is 9.97 Å². The highest BCUT2D eigenvalue weighted by Crippen LogP contribution is 2.26. The van der Waals surface area contributed by atoms with Crippen LogP contribution in [0.1, 0.15) is 49.4 Å². The summed E-state index contributed by atoms with van der Waals surface area (Å²) in [6, 6.07) is 0. The lowest BCUT2D eigenvalue weighted by Crippen LogP contribution is -2.51. The van der Waals surface area contributed by atoms with Crippen LogP contribution in [0, 0.1) is 19.8 Å². The van der Waals surface area contributed by atoms with Crippen molar-refractivity contribution in [3.63, 3.8) is 0 Å². The minimum absolute atomic E-state index is 0.0257. The van der Waals surface area contributed by atoms with Gasteiger partial charge >= 0.3 is 0 Å². The first-order valence-corrected chi connectivity index (χ1v) is 12.3. The standard InChI is InChI=1S/C23H32N4O4S/c1-13-11-27(12-14(2)31-13)23(30)17-7-9-26(10-8-17)19(28)6-5-18-24-21(29)20-15(3)16(4)32-22(20)25-18/h13-14,17H,5-12H2,1-4H3,(H,24,25,29). The zero-order valence-corrected chi connectivity index (χ0v) is 20.1. The van der Waals surface area contributed by atoms with Crippen molar-refractivity contribution in [3.05, 3.63) is 26.6 Å². The van der Waals surface area contributed by atoms with Crippen molar-refractivity contribution in [2.24, 2.45) is 5.92 Å². The quantitative estimate of drug-likeness (QED) is 0.756. The van der Waals surface area contributed by atoms with Crippen molar-refractivity contribution in [2.45, 2.75) is 65.6 Å². The molecule has 4 heterocycles. The Morgan fingerprint density at radius 3 is 2.44 bits per heavy atom. The zero-order valence-electron chi connectivity index (χ0n) is 19.3. The molecule has 1 N–H and O–H groups in total. The number of ether oxygens (including phenoxy) is 1. The van der Waals surface area contributed by atoms with Crippen LogP contribution in [0.25, 0.3) is 10.2 Å². The summed E-state index contributed by atoms with van der Waals surface area (Å²) in [6.45, 7) is 10.4. The molecule has 0 spiro atoms. The number of aryl methyl sites for hydroxylation is 3. The number of thiophene rings is 1. The van der Waals surface area contributed by atoms with Crippen molar-refractivity contribution in [1.29, 1.82) is 0 Å². The topological polar surface area (TPSA) is 95.6 Å². The maximum atomic E-state index is 12.9. The van der Waals surface area contributed by atoms with E-state index in [4.69, 9.17) is 4.74 Å². The molecule has 4 rings (SSSR count). The first-order valence-electron chi connectivity index (χ1n) is 11.4. The van der Waals surface area contributed by atoms with E-state index in [0.717, 1.165) is 15.3 Å². The molecule has 174 valence electrons. The Morgan fingerprint density at radius 1 is 1.12 bits per heavy atom. The number of morpholine rings is 1. The van der Waals surface area contributed by atoms with E-state index in [0.29, 0.717) is 63.1 Å². The summed E-state index contributed by atoms with van der Waals surface area (Å²) >= 11 is 1.51. The Labute approximate surface area is 192 Å². The van der Waals surface area contributed by atoms with Gasteiger partial charge in [0.1, 0.15) is 10.7 Å². The fourth-order valence-corrected chi connectivity index (χ4v) is 5.84. The van der Waals surface area contributed by atoms with Crippen molar-refractivity contribution in [1.82, 2.24) is 19.8 Å². The van der Waals surface area contributed by atoms with Crippen LogP contribution in [0.5, 0.6) is 0 Å². The fraction of sp³-hybridized carbons (Fsp3) is 0.652. The molecule has 0 aromatic carbocycles. The Morgan fingerprint density at radius 2 is 1.78 bits per heavy atom. The maximum absolute atomic E-state index is 12.9. The molecule has 2 aliphatic heterocycles. The normalized spacial score (nSPS) is 22.5. The SMILES string of the molecule is Cc1sc2nc(CCC(=O)N3CCC(C(=O)N4CC(C)OC(C)C4)CC3)[nH]c(=O)c2c1C. The number of carbonyl (C=O) groups excluding carboxylic acids is 2. The van der Waals surface area contributed by atoms with Crippen molar-refractivity contribution in [2.75, 3.05) is 26.2 Å². The highest BCUT2D eigenvalue weighted by Gasteiger charge is 2.33. The first-order chi connectivity index (χ1) is 15.2. The molecule has 32 heavy (non-hydrogen) atoms. The Balaban J connectivity index is 1.30. The lowest BCUT2D eigenvalue weighted by Gasteiger charge is -2.39. The van der Waals surface area contributed by atoms with Gasteiger partial charge in [-0.1, -0.05) is 0 Å². The molecule has 0 bridgehead atoms. The molecule has 2 unspecified atom stereocenters. The summed E-state index contributed by atoms with van der Waals surface area (Å²) in [5.74, 6) is 0.765. The molecule has 2 aromatic heterocycles. The monoisotopic (exact) mass is 460 g/mol. The summed E-state index contributed by atoms with van der Waals surface area (Å²) < 4.78 is 5.73. The van der Waals surface area contributed by atoms with Gasteiger partial charge in [0.25, 0.3) is 5.56 Å². The molecule has 2 saturated heterocycles. The molecule has 2 atom stereocenters. The number of hydrogen-bond donors (Lipinski definition) is 1. The number of rotatable bonds is 4. The molecule has 0 radical (unpaired) electrons. The number of amides is 2. The van der Waals surface area contributed by atoms with Gasteiger partial charge in [-0.15, -0.1) is 11.3 Å². The zero-order chi connectivity index (χ0) is 23.0. The Kier molecular flexibility index (Phi) is 6.67. The Hall–Kier alpha value is -2.26. The van der Waals surface area contributed by atoms with E-state index in [-0.39, 0.29) is 35.5 Å². The predicted molar refractivity (Wildman–Crippen MR) is 124 cm³/mol. The van der Waals surface area contributed by atoms with Crippen molar-refractivity contribution in [3.8, 4) is 0 Å². The molecule has 0 saturated carbocycles. The van der Waals surface area contributed by atoms with E-state index < -0.39 is 0 Å². The van der Waals surface area contributed by atoms with Gasteiger partial charge in [-0.3, -0.25) is 14.4 Å². The maximum Gasteiger partial charge on any atom is 0.259 e. The molecule has 2 fully saturated rings. The fourth-order valence-electron chi connectivity index (χ4n) is 4.79. The summed E-state index contributed by atoms with van der Waals surface area (Å²) in [4.78, 5) is 51.1. The summed E-state index contributed by atoms with van der Waals surface area (Å²) in [6.07, 6.45) is 2.22. The minimum atomic E-state index is -0.134. The van der Waals surface area contributed by atoms with Crippen molar-refractivity contribution >= 4 is 33.4 Å². The number of hydrogen-bond acceptors (Lipinski definition) is 6. The van der Waals surface area contributed by atoms with Crippen molar-refractivity contribution < 1.29 is 14.3 Å². The van der Waals surface area contributed by atoms with E-state index >= 15 is 0 Å². The number of carbonyl (C=O) groups is 2. The van der Waals surface area contributed by atoms with Gasteiger partial charge in [0.05, 0.1) is 17.6 Å². The van der Waals surface area contributed by atoms with E-state index in [9.17, 15) is 14.4 Å². The van der Waals surface area contributed by atoms with Gasteiger partial charge in [-0.25, -0.2) is 4.98 Å². The van der Waals surface area contributed by atoms with Crippen LogP contribution in [-0.2, 0) is 20.7 Å². The number of likely N-dealkylation sites (tertiary alicyclic amines) is 1. The third kappa shape index (κ3) is 4.73. The molecule has 9 heteroatoms. The number of aromatic nitrogens is 2. The lowest BCUT2D eigenvalue weighted by molar-refractivity contribution is -0.150. The number of nitrogens with one attached hydrogen (secondary N) is 1. The van der Waals surface area contributed by atoms with E-state index in [1.807, 2.05) is 37.5 Å². The summed E-state index contributed by atoms with van der Waals surface area (Å²) in [5.41, 5.74) is 0.838. The molecule has 2 aliphatic rings. The van der Waals surface area contributed by atoms with Crippen LogP contribution >= 0.6 is 11.3 Å². The number of aromatic amines is 1. The van der Waals surface area contributed by atoms with E-state index in [1.54, 1.807) is 0 Å². The second-order valence-electron chi connectivity index (χ2n) is 9.13. The summed E-state index contributed by atoms with van der Waals surface area (Å²) in [7, 11) is 0. The van der Waals surface area contributed by atoms with Gasteiger partial charge in [0.15, 0.2) is 0 Å². The third-order valence-electron chi connectivity index (χ3n) is 6.59. The van der Waals surface area contributed by atoms with Gasteiger partial charge in [0, 0.05) is 49.8 Å². The highest BCUT2D eigenvalue weighted by atomic mass is 32.1. The van der Waals surface area contributed by atoms with E-state index in [1.165, 1.54) is 11.3 Å². The minimum Gasteiger partial charge on any atom is -0.372 e. The second-order valence-corrected chi connectivity index (χ2v) is 10.3. The molecule has 2 amide bonds. The average Bonchev–Trinajstić information content (AvgIpc) is 3.04.